The van der Waals surface area contributed by atoms with Gasteiger partial charge in [-0.3, -0.25) is 4.79 Å². The average Bonchev–Trinajstić information content (AvgIpc) is 2.57. The first-order valence-electron chi connectivity index (χ1n) is 7.44. The van der Waals surface area contributed by atoms with E-state index in [1.807, 2.05) is 73.7 Å². The summed E-state index contributed by atoms with van der Waals surface area (Å²) in [6.07, 6.45) is 0. The fourth-order valence-electron chi connectivity index (χ4n) is 2.37. The maximum atomic E-state index is 12.5. The van der Waals surface area contributed by atoms with E-state index in [1.165, 1.54) is 11.8 Å². The lowest BCUT2D eigenvalue weighted by atomic mass is 10.1. The van der Waals surface area contributed by atoms with Gasteiger partial charge in [0.05, 0.1) is 5.25 Å². The summed E-state index contributed by atoms with van der Waals surface area (Å²) >= 11 is 1.52. The predicted molar refractivity (Wildman–Crippen MR) is 98.8 cm³/mol. The molecule has 3 nitrogen and oxygen atoms in total. The van der Waals surface area contributed by atoms with Gasteiger partial charge in [-0.25, -0.2) is 0 Å². The number of nitrogen functional groups attached to an aromatic ring is 1. The van der Waals surface area contributed by atoms with Crippen molar-refractivity contribution in [2.75, 3.05) is 11.1 Å². The van der Waals surface area contributed by atoms with Crippen LogP contribution in [-0.4, -0.2) is 11.2 Å². The van der Waals surface area contributed by atoms with Gasteiger partial charge < -0.3 is 11.1 Å². The van der Waals surface area contributed by atoms with Crippen LogP contribution in [0.5, 0.6) is 0 Å². The molecule has 4 heteroatoms. The zero-order valence-corrected chi connectivity index (χ0v) is 13.6. The van der Waals surface area contributed by atoms with Crippen LogP contribution in [0.2, 0.25) is 0 Å². The number of thioether (sulfide) groups is 1. The Balaban J connectivity index is 1.74. The van der Waals surface area contributed by atoms with Crippen molar-refractivity contribution in [2.45, 2.75) is 17.1 Å². The fraction of sp³-hybridized carbons (Fsp3) is 0.105. The van der Waals surface area contributed by atoms with Crippen molar-refractivity contribution in [1.82, 2.24) is 0 Å². The van der Waals surface area contributed by atoms with E-state index in [-0.39, 0.29) is 11.2 Å². The molecule has 3 aromatic rings. The number of nitrogens with two attached hydrogens (primary N) is 1. The van der Waals surface area contributed by atoms with Crippen molar-refractivity contribution >= 4 is 39.8 Å². The molecule has 3 aromatic carbocycles. The quantitative estimate of drug-likeness (QED) is 0.547. The van der Waals surface area contributed by atoms with E-state index in [4.69, 9.17) is 5.73 Å². The summed E-state index contributed by atoms with van der Waals surface area (Å²) in [6, 6.07) is 21.5. The molecule has 0 fully saturated rings. The normalized spacial score (nSPS) is 12.0. The minimum absolute atomic E-state index is 0.0109. The molecule has 3 rings (SSSR count). The van der Waals surface area contributed by atoms with Crippen LogP contribution in [0.1, 0.15) is 6.92 Å². The van der Waals surface area contributed by atoms with E-state index >= 15 is 0 Å². The molecule has 0 aliphatic rings. The molecule has 0 aliphatic heterocycles. The number of carbonyl (C=O) groups excluding carboxylic acids is 1. The summed E-state index contributed by atoms with van der Waals surface area (Å²) < 4.78 is 0. The first kappa shape index (κ1) is 15.4. The number of rotatable bonds is 4. The number of hydrogen-bond acceptors (Lipinski definition) is 3. The van der Waals surface area contributed by atoms with E-state index < -0.39 is 0 Å². The van der Waals surface area contributed by atoms with Crippen molar-refractivity contribution in [3.8, 4) is 0 Å². The van der Waals surface area contributed by atoms with Gasteiger partial charge in [-0.2, -0.15) is 0 Å². The third kappa shape index (κ3) is 3.66. The molecule has 1 atom stereocenters. The Labute approximate surface area is 139 Å². The van der Waals surface area contributed by atoms with Crippen LogP contribution in [-0.2, 0) is 4.79 Å². The highest BCUT2D eigenvalue weighted by atomic mass is 32.2. The second-order valence-electron chi connectivity index (χ2n) is 5.35. The molecule has 0 heterocycles. The van der Waals surface area contributed by atoms with Gasteiger partial charge in [-0.1, -0.05) is 36.4 Å². The van der Waals surface area contributed by atoms with Gasteiger partial charge in [0.15, 0.2) is 0 Å². The number of fused-ring (bicyclic) bond motifs is 1. The third-order valence-electron chi connectivity index (χ3n) is 3.61. The Kier molecular flexibility index (Phi) is 4.53. The van der Waals surface area contributed by atoms with Crippen molar-refractivity contribution in [1.29, 1.82) is 0 Å². The first-order chi connectivity index (χ1) is 11.1. The summed E-state index contributed by atoms with van der Waals surface area (Å²) in [5.74, 6) is -0.0109. The van der Waals surface area contributed by atoms with Crippen LogP contribution in [0.3, 0.4) is 0 Å². The largest absolute Gasteiger partial charge is 0.399 e. The Morgan fingerprint density at radius 1 is 1.00 bits per heavy atom. The summed E-state index contributed by atoms with van der Waals surface area (Å²) in [4.78, 5) is 13.5. The minimum Gasteiger partial charge on any atom is -0.399 e. The zero-order chi connectivity index (χ0) is 16.2. The summed E-state index contributed by atoms with van der Waals surface area (Å²) in [5.41, 5.74) is 7.25. The lowest BCUT2D eigenvalue weighted by Gasteiger charge is -2.13. The van der Waals surface area contributed by atoms with Crippen molar-refractivity contribution in [3.05, 3.63) is 66.7 Å². The van der Waals surface area contributed by atoms with E-state index in [0.29, 0.717) is 0 Å². The van der Waals surface area contributed by atoms with Crippen LogP contribution >= 0.6 is 11.8 Å². The monoisotopic (exact) mass is 322 g/mol. The Morgan fingerprint density at radius 3 is 2.48 bits per heavy atom. The molecule has 0 radical (unpaired) electrons. The van der Waals surface area contributed by atoms with Crippen molar-refractivity contribution in [3.63, 3.8) is 0 Å². The third-order valence-corrected chi connectivity index (χ3v) is 4.72. The molecule has 0 spiro atoms. The number of carbonyl (C=O) groups is 1. The molecular formula is C19H18N2OS. The van der Waals surface area contributed by atoms with E-state index in [0.717, 1.165) is 27.0 Å². The number of benzene rings is 3. The molecule has 3 N–H and O–H groups in total. The van der Waals surface area contributed by atoms with Crippen molar-refractivity contribution in [2.24, 2.45) is 0 Å². The molecule has 0 aromatic heterocycles. The van der Waals surface area contributed by atoms with Gasteiger partial charge in [0.25, 0.3) is 0 Å². The molecule has 0 saturated heterocycles. The molecule has 116 valence electrons. The van der Waals surface area contributed by atoms with E-state index in [9.17, 15) is 4.79 Å². The summed E-state index contributed by atoms with van der Waals surface area (Å²) in [7, 11) is 0. The topological polar surface area (TPSA) is 55.1 Å². The molecule has 1 unspecified atom stereocenters. The fourth-order valence-corrected chi connectivity index (χ4v) is 3.24. The minimum atomic E-state index is -0.197. The van der Waals surface area contributed by atoms with Gasteiger partial charge in [0.1, 0.15) is 0 Å². The summed E-state index contributed by atoms with van der Waals surface area (Å²) in [6.45, 7) is 1.90. The highest BCUT2D eigenvalue weighted by Gasteiger charge is 2.15. The lowest BCUT2D eigenvalue weighted by molar-refractivity contribution is -0.115. The van der Waals surface area contributed by atoms with Crippen LogP contribution in [0.4, 0.5) is 11.4 Å². The maximum absolute atomic E-state index is 12.5. The summed E-state index contributed by atoms with van der Waals surface area (Å²) in [5, 5.41) is 5.00. The Morgan fingerprint density at radius 2 is 1.70 bits per heavy atom. The van der Waals surface area contributed by atoms with Crippen LogP contribution in [0.15, 0.2) is 71.6 Å². The zero-order valence-electron chi connectivity index (χ0n) is 12.8. The van der Waals surface area contributed by atoms with Crippen LogP contribution in [0.25, 0.3) is 10.8 Å². The number of hydrogen-bond donors (Lipinski definition) is 2. The van der Waals surface area contributed by atoms with Crippen LogP contribution < -0.4 is 11.1 Å². The second kappa shape index (κ2) is 6.75. The Bertz CT molecular complexity index is 825. The van der Waals surface area contributed by atoms with Gasteiger partial charge in [-0.15, -0.1) is 11.8 Å². The molecule has 23 heavy (non-hydrogen) atoms. The molecule has 0 saturated carbocycles. The van der Waals surface area contributed by atoms with E-state index in [2.05, 4.69) is 5.32 Å². The highest BCUT2D eigenvalue weighted by Crippen LogP contribution is 2.27. The lowest BCUT2D eigenvalue weighted by Crippen LogP contribution is -2.22. The Hall–Kier alpha value is -2.46. The van der Waals surface area contributed by atoms with Gasteiger partial charge in [0.2, 0.25) is 5.91 Å². The standard InChI is InChI=1S/C19H18N2OS/c1-13(23-16-11-9-15(20)10-12-16)19(22)21-18-8-4-6-14-5-2-3-7-17(14)18/h2-13H,20H2,1H3,(H,21,22). The van der Waals surface area contributed by atoms with Gasteiger partial charge in [0, 0.05) is 21.7 Å². The molecule has 0 bridgehead atoms. The maximum Gasteiger partial charge on any atom is 0.237 e. The molecule has 1 amide bonds. The number of amides is 1. The van der Waals surface area contributed by atoms with Crippen LogP contribution in [0, 0.1) is 0 Å². The predicted octanol–water partition coefficient (Wildman–Crippen LogP) is 4.54. The second-order valence-corrected chi connectivity index (χ2v) is 6.76. The van der Waals surface area contributed by atoms with Gasteiger partial charge >= 0.3 is 0 Å². The number of anilines is 2. The average molecular weight is 322 g/mol. The van der Waals surface area contributed by atoms with E-state index in [1.54, 1.807) is 0 Å². The SMILES string of the molecule is CC(Sc1ccc(N)cc1)C(=O)Nc1cccc2ccccc12. The molecular weight excluding hydrogens is 304 g/mol. The first-order valence-corrected chi connectivity index (χ1v) is 8.32. The highest BCUT2D eigenvalue weighted by molar-refractivity contribution is 8.00. The van der Waals surface area contributed by atoms with Gasteiger partial charge in [-0.05, 0) is 42.6 Å². The number of nitrogens with one attached hydrogen (secondary N) is 1. The molecule has 0 aliphatic carbocycles. The van der Waals surface area contributed by atoms with Crippen molar-refractivity contribution < 1.29 is 4.79 Å². The smallest absolute Gasteiger partial charge is 0.237 e.